The van der Waals surface area contributed by atoms with E-state index in [1.54, 1.807) is 50.6 Å². The summed E-state index contributed by atoms with van der Waals surface area (Å²) in [6.07, 6.45) is 0. The summed E-state index contributed by atoms with van der Waals surface area (Å²) in [5.74, 6) is 0.789. The number of non-ortho nitro benzene ring substituents is 1. The zero-order chi connectivity index (χ0) is 26.6. The largest absolute Gasteiger partial charge is 0.497 e. The van der Waals surface area contributed by atoms with E-state index >= 15 is 0 Å². The smallest absolute Gasteiger partial charge is 0.270 e. The normalized spacial score (nSPS) is 10.8. The van der Waals surface area contributed by atoms with Crippen molar-refractivity contribution in [3.63, 3.8) is 0 Å². The van der Waals surface area contributed by atoms with Crippen molar-refractivity contribution in [3.05, 3.63) is 100 Å². The first-order valence-electron chi connectivity index (χ1n) is 11.7. The molecule has 0 fully saturated rings. The molecule has 0 bridgehead atoms. The van der Waals surface area contributed by atoms with Gasteiger partial charge in [-0.15, -0.1) is 0 Å². The van der Waals surface area contributed by atoms with Crippen LogP contribution in [0.1, 0.15) is 15.9 Å². The molecule has 5 rings (SSSR count). The molecule has 0 atom stereocenters. The van der Waals surface area contributed by atoms with E-state index in [0.29, 0.717) is 51.5 Å². The van der Waals surface area contributed by atoms with Crippen LogP contribution in [0.2, 0.25) is 0 Å². The van der Waals surface area contributed by atoms with Gasteiger partial charge in [-0.25, -0.2) is 4.98 Å². The van der Waals surface area contributed by atoms with E-state index in [2.05, 4.69) is 15.5 Å². The van der Waals surface area contributed by atoms with Crippen LogP contribution in [0.3, 0.4) is 0 Å². The van der Waals surface area contributed by atoms with Gasteiger partial charge in [0.2, 0.25) is 0 Å². The Morgan fingerprint density at radius 2 is 1.82 bits per heavy atom. The molecule has 0 unspecified atom stereocenters. The lowest BCUT2D eigenvalue weighted by atomic mass is 10.0. The Balaban J connectivity index is 1.68. The van der Waals surface area contributed by atoms with Gasteiger partial charge in [0.1, 0.15) is 11.5 Å². The maximum absolute atomic E-state index is 13.6. The number of nitrogens with zero attached hydrogens (tertiary/aromatic N) is 3. The standard InChI is InChI=1S/C28H23N5O5/c1-37-20-11-12-24(38-2)21(14-20)23-15-22(28(34)29-16-17-7-4-3-5-8-17)25-26(31-32-27(25)30-23)18-9-6-10-19(13-18)33(35)36/h3-15H,16H2,1-2H3,(H,29,34)(H,30,31,32). The van der Waals surface area contributed by atoms with Crippen LogP contribution in [0.4, 0.5) is 5.69 Å². The van der Waals surface area contributed by atoms with Crippen molar-refractivity contribution in [2.45, 2.75) is 6.54 Å². The third kappa shape index (κ3) is 4.74. The number of pyridine rings is 1. The van der Waals surface area contributed by atoms with E-state index in [-0.39, 0.29) is 17.2 Å². The number of carbonyl (C=O) groups excluding carboxylic acids is 1. The van der Waals surface area contributed by atoms with Gasteiger partial charge < -0.3 is 14.8 Å². The average Bonchev–Trinajstić information content (AvgIpc) is 3.39. The summed E-state index contributed by atoms with van der Waals surface area (Å²) in [6, 6.07) is 22.6. The number of aromatic nitrogens is 3. The van der Waals surface area contributed by atoms with Gasteiger partial charge >= 0.3 is 0 Å². The molecule has 0 spiro atoms. The Kier molecular flexibility index (Phi) is 6.68. The Morgan fingerprint density at radius 1 is 1.00 bits per heavy atom. The second-order valence-corrected chi connectivity index (χ2v) is 8.39. The van der Waals surface area contributed by atoms with Gasteiger partial charge in [-0.05, 0) is 29.8 Å². The van der Waals surface area contributed by atoms with Gasteiger partial charge in [0.05, 0.1) is 41.5 Å². The molecule has 2 N–H and O–H groups in total. The van der Waals surface area contributed by atoms with Crippen molar-refractivity contribution in [1.82, 2.24) is 20.5 Å². The van der Waals surface area contributed by atoms with Crippen molar-refractivity contribution in [1.29, 1.82) is 0 Å². The molecule has 10 heteroatoms. The lowest BCUT2D eigenvalue weighted by Crippen LogP contribution is -2.23. The lowest BCUT2D eigenvalue weighted by Gasteiger charge is -2.13. The van der Waals surface area contributed by atoms with Gasteiger partial charge in [-0.3, -0.25) is 20.0 Å². The summed E-state index contributed by atoms with van der Waals surface area (Å²) in [7, 11) is 3.11. The van der Waals surface area contributed by atoms with Crippen LogP contribution in [0.25, 0.3) is 33.5 Å². The van der Waals surface area contributed by atoms with Crippen molar-refractivity contribution < 1.29 is 19.2 Å². The van der Waals surface area contributed by atoms with Gasteiger partial charge in [0.25, 0.3) is 11.6 Å². The number of rotatable bonds is 8. The zero-order valence-corrected chi connectivity index (χ0v) is 20.6. The van der Waals surface area contributed by atoms with Crippen molar-refractivity contribution >= 4 is 22.6 Å². The number of amides is 1. The zero-order valence-electron chi connectivity index (χ0n) is 20.6. The number of benzene rings is 3. The predicted octanol–water partition coefficient (Wildman–Crippen LogP) is 5.15. The van der Waals surface area contributed by atoms with Gasteiger partial charge in [0, 0.05) is 29.8 Å². The number of ether oxygens (including phenoxy) is 2. The number of H-pyrrole nitrogens is 1. The maximum Gasteiger partial charge on any atom is 0.270 e. The van der Waals surface area contributed by atoms with Crippen LogP contribution in [0.15, 0.2) is 78.9 Å². The quantitative estimate of drug-likeness (QED) is 0.218. The summed E-state index contributed by atoms with van der Waals surface area (Å²) in [5.41, 5.74) is 3.47. The maximum atomic E-state index is 13.6. The number of aromatic amines is 1. The second-order valence-electron chi connectivity index (χ2n) is 8.39. The highest BCUT2D eigenvalue weighted by molar-refractivity contribution is 6.11. The van der Waals surface area contributed by atoms with Gasteiger partial charge in [-0.2, -0.15) is 5.10 Å². The number of methoxy groups -OCH3 is 2. The van der Waals surface area contributed by atoms with Crippen LogP contribution in [-0.4, -0.2) is 40.2 Å². The highest BCUT2D eigenvalue weighted by Gasteiger charge is 2.22. The molecule has 190 valence electrons. The molecule has 38 heavy (non-hydrogen) atoms. The highest BCUT2D eigenvalue weighted by Crippen LogP contribution is 2.37. The van der Waals surface area contributed by atoms with E-state index < -0.39 is 4.92 Å². The molecule has 5 aromatic rings. The molecule has 0 aliphatic heterocycles. The van der Waals surface area contributed by atoms with E-state index in [4.69, 9.17) is 14.5 Å². The fraction of sp³-hybridized carbons (Fsp3) is 0.107. The van der Waals surface area contributed by atoms with Gasteiger partial charge in [0.15, 0.2) is 5.65 Å². The van der Waals surface area contributed by atoms with Gasteiger partial charge in [-0.1, -0.05) is 42.5 Å². The Bertz CT molecular complexity index is 1650. The molecule has 0 aliphatic carbocycles. The molecule has 1 amide bonds. The van der Waals surface area contributed by atoms with E-state index in [1.165, 1.54) is 12.1 Å². The SMILES string of the molecule is COc1ccc(OC)c(-c2cc(C(=O)NCc3ccccc3)c3c(-c4cccc([N+](=O)[O-])c4)[nH]nc3n2)c1. The Labute approximate surface area is 217 Å². The fourth-order valence-electron chi connectivity index (χ4n) is 4.21. The summed E-state index contributed by atoms with van der Waals surface area (Å²) in [6.45, 7) is 0.311. The molecule has 0 radical (unpaired) electrons. The predicted molar refractivity (Wildman–Crippen MR) is 142 cm³/mol. The molecule has 0 aliphatic rings. The van der Waals surface area contributed by atoms with Crippen LogP contribution >= 0.6 is 0 Å². The number of fused-ring (bicyclic) bond motifs is 1. The minimum atomic E-state index is -0.471. The van der Waals surface area contributed by atoms with E-state index in [1.807, 2.05) is 30.3 Å². The van der Waals surface area contributed by atoms with Crippen molar-refractivity contribution in [3.8, 4) is 34.0 Å². The van der Waals surface area contributed by atoms with Crippen LogP contribution < -0.4 is 14.8 Å². The third-order valence-electron chi connectivity index (χ3n) is 6.09. The minimum absolute atomic E-state index is 0.0778. The first-order valence-corrected chi connectivity index (χ1v) is 11.7. The van der Waals surface area contributed by atoms with Crippen molar-refractivity contribution in [2.24, 2.45) is 0 Å². The van der Waals surface area contributed by atoms with E-state index in [0.717, 1.165) is 5.56 Å². The minimum Gasteiger partial charge on any atom is -0.497 e. The molecule has 3 aromatic carbocycles. The van der Waals surface area contributed by atoms with E-state index in [9.17, 15) is 14.9 Å². The molecular formula is C28H23N5O5. The van der Waals surface area contributed by atoms with Crippen LogP contribution in [0.5, 0.6) is 11.5 Å². The van der Waals surface area contributed by atoms with Crippen LogP contribution in [-0.2, 0) is 6.54 Å². The number of nitrogens with one attached hydrogen (secondary N) is 2. The topological polar surface area (TPSA) is 132 Å². The number of hydrogen-bond donors (Lipinski definition) is 2. The summed E-state index contributed by atoms with van der Waals surface area (Å²) in [4.78, 5) is 29.2. The Morgan fingerprint density at radius 3 is 2.55 bits per heavy atom. The fourth-order valence-corrected chi connectivity index (χ4v) is 4.21. The average molecular weight is 510 g/mol. The number of hydrogen-bond acceptors (Lipinski definition) is 7. The highest BCUT2D eigenvalue weighted by atomic mass is 16.6. The summed E-state index contributed by atoms with van der Waals surface area (Å²) >= 11 is 0. The summed E-state index contributed by atoms with van der Waals surface area (Å²) in [5, 5.41) is 22.1. The first kappa shape index (κ1) is 24.4. The molecule has 2 aromatic heterocycles. The second kappa shape index (κ2) is 10.4. The summed E-state index contributed by atoms with van der Waals surface area (Å²) < 4.78 is 10.9. The molecular weight excluding hydrogens is 486 g/mol. The molecule has 2 heterocycles. The lowest BCUT2D eigenvalue weighted by molar-refractivity contribution is -0.384. The van der Waals surface area contributed by atoms with Crippen LogP contribution in [0, 0.1) is 10.1 Å². The number of nitro benzene ring substituents is 1. The number of carbonyl (C=O) groups is 1. The molecule has 0 saturated carbocycles. The van der Waals surface area contributed by atoms with Crippen molar-refractivity contribution in [2.75, 3.05) is 14.2 Å². The molecule has 10 nitrogen and oxygen atoms in total. The Hall–Kier alpha value is -5.25. The third-order valence-corrected chi connectivity index (χ3v) is 6.09. The monoisotopic (exact) mass is 509 g/mol. The first-order chi connectivity index (χ1) is 18.5. The molecule has 0 saturated heterocycles. The number of nitro groups is 1.